The predicted octanol–water partition coefficient (Wildman–Crippen LogP) is 3.96. The third-order valence-corrected chi connectivity index (χ3v) is 4.71. The molecule has 0 aliphatic heterocycles. The number of hydrogen-bond acceptors (Lipinski definition) is 3. The molecular formula is C24H32N2O3. The van der Waals surface area contributed by atoms with Crippen LogP contribution in [0.25, 0.3) is 0 Å². The fraction of sp³-hybridized carbons (Fsp3) is 0.417. The first-order valence-electron chi connectivity index (χ1n) is 10.3. The third kappa shape index (κ3) is 6.93. The molecule has 0 aromatic heterocycles. The van der Waals surface area contributed by atoms with Gasteiger partial charge in [-0.3, -0.25) is 9.59 Å². The minimum Gasteiger partial charge on any atom is -0.484 e. The van der Waals surface area contributed by atoms with Gasteiger partial charge in [0.05, 0.1) is 0 Å². The maximum atomic E-state index is 13.1. The number of rotatable bonds is 10. The Labute approximate surface area is 174 Å². The summed E-state index contributed by atoms with van der Waals surface area (Å²) < 4.78 is 5.72. The van der Waals surface area contributed by atoms with E-state index in [0.717, 1.165) is 12.0 Å². The molecule has 2 rings (SSSR count). The summed E-state index contributed by atoms with van der Waals surface area (Å²) in [5.41, 5.74) is 2.19. The summed E-state index contributed by atoms with van der Waals surface area (Å²) in [4.78, 5) is 27.4. The van der Waals surface area contributed by atoms with Crippen LogP contribution in [0.3, 0.4) is 0 Å². The van der Waals surface area contributed by atoms with Crippen LogP contribution in [-0.4, -0.2) is 35.4 Å². The Morgan fingerprint density at radius 3 is 2.17 bits per heavy atom. The van der Waals surface area contributed by atoms with Gasteiger partial charge in [0.2, 0.25) is 5.91 Å². The number of benzene rings is 2. The highest BCUT2D eigenvalue weighted by atomic mass is 16.5. The molecule has 0 bridgehead atoms. The Hall–Kier alpha value is -2.82. The van der Waals surface area contributed by atoms with E-state index in [1.165, 1.54) is 5.56 Å². The summed E-state index contributed by atoms with van der Waals surface area (Å²) in [6.07, 6.45) is 1.48. The summed E-state index contributed by atoms with van der Waals surface area (Å²) in [5.74, 6) is 0.299. The second kappa shape index (κ2) is 11.2. The zero-order chi connectivity index (χ0) is 21.2. The van der Waals surface area contributed by atoms with Crippen molar-refractivity contribution in [2.24, 2.45) is 0 Å². The minimum atomic E-state index is -0.545. The van der Waals surface area contributed by atoms with E-state index in [1.807, 2.05) is 75.4 Å². The second-order valence-corrected chi connectivity index (χ2v) is 7.38. The van der Waals surface area contributed by atoms with Crippen molar-refractivity contribution in [2.45, 2.75) is 59.2 Å². The quantitative estimate of drug-likeness (QED) is 0.661. The maximum Gasteiger partial charge on any atom is 0.261 e. The molecule has 0 fully saturated rings. The van der Waals surface area contributed by atoms with Crippen LogP contribution in [0.1, 0.15) is 45.2 Å². The first-order valence-corrected chi connectivity index (χ1v) is 10.3. The van der Waals surface area contributed by atoms with E-state index < -0.39 is 6.04 Å². The van der Waals surface area contributed by atoms with Crippen molar-refractivity contribution in [1.29, 1.82) is 0 Å². The van der Waals surface area contributed by atoms with E-state index in [-0.39, 0.29) is 24.5 Å². The van der Waals surface area contributed by atoms with Crippen molar-refractivity contribution in [3.8, 4) is 5.75 Å². The van der Waals surface area contributed by atoms with Crippen LogP contribution in [0.4, 0.5) is 0 Å². The molecule has 0 aliphatic carbocycles. The fourth-order valence-corrected chi connectivity index (χ4v) is 3.13. The Bertz CT molecular complexity index is 772. The van der Waals surface area contributed by atoms with Gasteiger partial charge in [0.1, 0.15) is 11.8 Å². The standard InChI is InChI=1S/C24H32N2O3/c1-5-19-12-14-21(15-13-19)29-17-23(27)26(16-20-10-8-7-9-11-20)22(6-2)24(28)25-18(3)4/h7-15,18,22H,5-6,16-17H2,1-4H3,(H,25,28)/t22-/m0/s1. The van der Waals surface area contributed by atoms with Crippen molar-refractivity contribution < 1.29 is 14.3 Å². The highest BCUT2D eigenvalue weighted by Gasteiger charge is 2.29. The topological polar surface area (TPSA) is 58.6 Å². The zero-order valence-electron chi connectivity index (χ0n) is 17.9. The van der Waals surface area contributed by atoms with Gasteiger partial charge in [-0.05, 0) is 49.9 Å². The molecule has 156 valence electrons. The number of carbonyl (C=O) groups is 2. The maximum absolute atomic E-state index is 13.1. The van der Waals surface area contributed by atoms with Gasteiger partial charge in [0, 0.05) is 12.6 Å². The average Bonchev–Trinajstić information content (AvgIpc) is 2.72. The second-order valence-electron chi connectivity index (χ2n) is 7.38. The monoisotopic (exact) mass is 396 g/mol. The van der Waals surface area contributed by atoms with Gasteiger partial charge in [-0.15, -0.1) is 0 Å². The molecule has 0 saturated carbocycles. The summed E-state index contributed by atoms with van der Waals surface area (Å²) in [5, 5.41) is 2.93. The van der Waals surface area contributed by atoms with E-state index in [9.17, 15) is 9.59 Å². The molecule has 0 heterocycles. The van der Waals surface area contributed by atoms with E-state index in [1.54, 1.807) is 4.90 Å². The number of carbonyl (C=O) groups excluding carboxylic acids is 2. The van der Waals surface area contributed by atoms with Crippen LogP contribution < -0.4 is 10.1 Å². The molecule has 1 atom stereocenters. The van der Waals surface area contributed by atoms with Gasteiger partial charge in [-0.1, -0.05) is 56.3 Å². The van der Waals surface area contributed by atoms with E-state index in [2.05, 4.69) is 12.2 Å². The highest BCUT2D eigenvalue weighted by molar-refractivity contribution is 5.88. The molecule has 0 saturated heterocycles. The van der Waals surface area contributed by atoms with Gasteiger partial charge in [0.25, 0.3) is 5.91 Å². The third-order valence-electron chi connectivity index (χ3n) is 4.71. The van der Waals surface area contributed by atoms with Crippen molar-refractivity contribution >= 4 is 11.8 Å². The van der Waals surface area contributed by atoms with Crippen LogP contribution in [-0.2, 0) is 22.6 Å². The molecule has 2 aromatic rings. The molecule has 5 heteroatoms. The van der Waals surface area contributed by atoms with Crippen LogP contribution in [0.5, 0.6) is 5.75 Å². The van der Waals surface area contributed by atoms with Crippen molar-refractivity contribution in [1.82, 2.24) is 10.2 Å². The lowest BCUT2D eigenvalue weighted by Crippen LogP contribution is -2.51. The lowest BCUT2D eigenvalue weighted by Gasteiger charge is -2.31. The smallest absolute Gasteiger partial charge is 0.261 e. The summed E-state index contributed by atoms with van der Waals surface area (Å²) >= 11 is 0. The number of aryl methyl sites for hydroxylation is 1. The van der Waals surface area contributed by atoms with Gasteiger partial charge in [0.15, 0.2) is 6.61 Å². The van der Waals surface area contributed by atoms with E-state index >= 15 is 0 Å². The van der Waals surface area contributed by atoms with Crippen molar-refractivity contribution in [3.05, 3.63) is 65.7 Å². The van der Waals surface area contributed by atoms with Gasteiger partial charge >= 0.3 is 0 Å². The zero-order valence-corrected chi connectivity index (χ0v) is 17.9. The lowest BCUT2D eigenvalue weighted by atomic mass is 10.1. The number of nitrogens with one attached hydrogen (secondary N) is 1. The predicted molar refractivity (Wildman–Crippen MR) is 116 cm³/mol. The van der Waals surface area contributed by atoms with Crippen LogP contribution in [0, 0.1) is 0 Å². The number of hydrogen-bond donors (Lipinski definition) is 1. The highest BCUT2D eigenvalue weighted by Crippen LogP contribution is 2.15. The number of ether oxygens (including phenoxy) is 1. The van der Waals surface area contributed by atoms with Crippen LogP contribution in [0.15, 0.2) is 54.6 Å². The molecule has 5 nitrogen and oxygen atoms in total. The van der Waals surface area contributed by atoms with Gasteiger partial charge in [-0.25, -0.2) is 0 Å². The van der Waals surface area contributed by atoms with Crippen molar-refractivity contribution in [3.63, 3.8) is 0 Å². The number of amides is 2. The first kappa shape index (κ1) is 22.5. The summed E-state index contributed by atoms with van der Waals surface area (Å²) in [6.45, 7) is 8.09. The van der Waals surface area contributed by atoms with Crippen molar-refractivity contribution in [2.75, 3.05) is 6.61 Å². The van der Waals surface area contributed by atoms with Crippen LogP contribution in [0.2, 0.25) is 0 Å². The summed E-state index contributed by atoms with van der Waals surface area (Å²) in [7, 11) is 0. The molecule has 0 unspecified atom stereocenters. The first-order chi connectivity index (χ1) is 13.9. The molecule has 29 heavy (non-hydrogen) atoms. The lowest BCUT2D eigenvalue weighted by molar-refractivity contribution is -0.143. The minimum absolute atomic E-state index is 0.0126. The molecular weight excluding hydrogens is 364 g/mol. The SMILES string of the molecule is CCc1ccc(OCC(=O)N(Cc2ccccc2)[C@@H](CC)C(=O)NC(C)C)cc1. The molecule has 2 aromatic carbocycles. The van der Waals surface area contributed by atoms with Gasteiger partial charge in [-0.2, -0.15) is 0 Å². The Morgan fingerprint density at radius 1 is 0.966 bits per heavy atom. The molecule has 0 aliphatic rings. The Balaban J connectivity index is 2.15. The molecule has 0 spiro atoms. The fourth-order valence-electron chi connectivity index (χ4n) is 3.13. The number of nitrogens with zero attached hydrogens (tertiary/aromatic N) is 1. The Morgan fingerprint density at radius 2 is 1.62 bits per heavy atom. The van der Waals surface area contributed by atoms with Gasteiger partial charge < -0.3 is 15.0 Å². The Kier molecular flexibility index (Phi) is 8.71. The molecule has 0 radical (unpaired) electrons. The van der Waals surface area contributed by atoms with E-state index in [0.29, 0.717) is 18.7 Å². The largest absolute Gasteiger partial charge is 0.484 e. The average molecular weight is 397 g/mol. The molecule has 1 N–H and O–H groups in total. The normalized spacial score (nSPS) is 11.8. The van der Waals surface area contributed by atoms with E-state index in [4.69, 9.17) is 4.74 Å². The molecule has 2 amide bonds. The van der Waals surface area contributed by atoms with Crippen LogP contribution >= 0.6 is 0 Å². The summed E-state index contributed by atoms with van der Waals surface area (Å²) in [6, 6.07) is 16.9.